The lowest BCUT2D eigenvalue weighted by molar-refractivity contribution is -0.659. The minimum atomic E-state index is -2.80. The van der Waals surface area contributed by atoms with Gasteiger partial charge in [-0.05, 0) is 17.5 Å². The van der Waals surface area contributed by atoms with Crippen LogP contribution in [0.4, 0.5) is 8.78 Å². The highest BCUT2D eigenvalue weighted by atomic mass is 32.1. The third-order valence-electron chi connectivity index (χ3n) is 3.46. The standard InChI is InChI=1S/C15H13F2N2OS/c1-18-11-6-2-3-7-12(11)19(9-10-5-4-8-21-10)15(20)13(18)14(16)17/h2-8,14H,9H2,1H3/q+1. The van der Waals surface area contributed by atoms with Gasteiger partial charge in [-0.2, -0.15) is 13.3 Å². The Morgan fingerprint density at radius 3 is 2.67 bits per heavy atom. The number of thiophene rings is 1. The summed E-state index contributed by atoms with van der Waals surface area (Å²) >= 11 is 1.50. The second-order valence-corrected chi connectivity index (χ2v) is 5.74. The number of hydrogen-bond acceptors (Lipinski definition) is 2. The molecule has 0 saturated heterocycles. The second kappa shape index (κ2) is 5.37. The first-order chi connectivity index (χ1) is 10.1. The maximum Gasteiger partial charge on any atom is 0.326 e. The molecule has 0 radical (unpaired) electrons. The molecule has 21 heavy (non-hydrogen) atoms. The highest BCUT2D eigenvalue weighted by molar-refractivity contribution is 7.09. The van der Waals surface area contributed by atoms with Crippen molar-refractivity contribution in [2.24, 2.45) is 7.05 Å². The molecule has 0 atom stereocenters. The summed E-state index contributed by atoms with van der Waals surface area (Å²) in [7, 11) is 1.50. The van der Waals surface area contributed by atoms with Crippen LogP contribution in [0.25, 0.3) is 11.0 Å². The lowest BCUT2D eigenvalue weighted by Crippen LogP contribution is -2.45. The van der Waals surface area contributed by atoms with Crippen molar-refractivity contribution in [3.05, 3.63) is 62.7 Å². The Hall–Kier alpha value is -2.08. The molecule has 0 fully saturated rings. The van der Waals surface area contributed by atoms with Crippen LogP contribution in [-0.2, 0) is 13.6 Å². The Labute approximate surface area is 123 Å². The molecule has 0 aliphatic carbocycles. The van der Waals surface area contributed by atoms with E-state index in [1.807, 2.05) is 17.5 Å². The van der Waals surface area contributed by atoms with Gasteiger partial charge >= 0.3 is 17.7 Å². The molecule has 0 spiro atoms. The number of fused-ring (bicyclic) bond motifs is 1. The van der Waals surface area contributed by atoms with E-state index in [-0.39, 0.29) is 0 Å². The van der Waals surface area contributed by atoms with E-state index in [1.54, 1.807) is 24.3 Å². The highest BCUT2D eigenvalue weighted by Crippen LogP contribution is 2.17. The maximum absolute atomic E-state index is 13.2. The monoisotopic (exact) mass is 307 g/mol. The fourth-order valence-electron chi connectivity index (χ4n) is 2.45. The van der Waals surface area contributed by atoms with E-state index < -0.39 is 17.7 Å². The van der Waals surface area contributed by atoms with Gasteiger partial charge in [0.2, 0.25) is 5.52 Å². The molecule has 3 rings (SSSR count). The minimum Gasteiger partial charge on any atom is -0.292 e. The molecule has 6 heteroatoms. The van der Waals surface area contributed by atoms with Gasteiger partial charge in [-0.3, -0.25) is 9.36 Å². The summed E-state index contributed by atoms with van der Waals surface area (Å²) in [5, 5.41) is 1.90. The SMILES string of the molecule is C[n+]1c(C(F)F)c(=O)n(Cc2cccs2)c2ccccc21. The predicted octanol–water partition coefficient (Wildman–Crippen LogP) is 2.87. The van der Waals surface area contributed by atoms with Crippen LogP contribution < -0.4 is 10.1 Å². The van der Waals surface area contributed by atoms with Crippen molar-refractivity contribution in [2.45, 2.75) is 13.0 Å². The molecule has 0 aliphatic heterocycles. The highest BCUT2D eigenvalue weighted by Gasteiger charge is 2.28. The van der Waals surface area contributed by atoms with Crippen LogP contribution in [0.5, 0.6) is 0 Å². The van der Waals surface area contributed by atoms with E-state index in [1.165, 1.54) is 27.5 Å². The van der Waals surface area contributed by atoms with Gasteiger partial charge < -0.3 is 0 Å². The molecule has 1 aromatic carbocycles. The number of halogens is 2. The molecular weight excluding hydrogens is 294 g/mol. The van der Waals surface area contributed by atoms with E-state index in [0.29, 0.717) is 17.6 Å². The van der Waals surface area contributed by atoms with Gasteiger partial charge in [0.15, 0.2) is 0 Å². The molecule has 2 heterocycles. The van der Waals surface area contributed by atoms with E-state index in [4.69, 9.17) is 0 Å². The summed E-state index contributed by atoms with van der Waals surface area (Å²) in [5.41, 5.74) is 0.150. The van der Waals surface area contributed by atoms with Gasteiger partial charge in [0.1, 0.15) is 12.6 Å². The van der Waals surface area contributed by atoms with Gasteiger partial charge in [-0.15, -0.1) is 11.3 Å². The zero-order valence-electron chi connectivity index (χ0n) is 11.3. The van der Waals surface area contributed by atoms with Crippen molar-refractivity contribution in [2.75, 3.05) is 0 Å². The number of nitrogens with zero attached hydrogens (tertiary/aromatic N) is 2. The summed E-state index contributed by atoms with van der Waals surface area (Å²) < 4.78 is 29.2. The fraction of sp³-hybridized carbons (Fsp3) is 0.200. The summed E-state index contributed by atoms with van der Waals surface area (Å²) in [6, 6.07) is 10.9. The third-order valence-corrected chi connectivity index (χ3v) is 4.32. The van der Waals surface area contributed by atoms with E-state index in [0.717, 1.165) is 4.88 Å². The van der Waals surface area contributed by atoms with Gasteiger partial charge in [0.25, 0.3) is 0 Å². The Bertz CT molecular complexity index is 841. The third kappa shape index (κ3) is 2.35. The fourth-order valence-corrected chi connectivity index (χ4v) is 3.14. The number of aromatic nitrogens is 2. The molecule has 2 aromatic heterocycles. The predicted molar refractivity (Wildman–Crippen MR) is 77.8 cm³/mol. The Morgan fingerprint density at radius 1 is 1.24 bits per heavy atom. The van der Waals surface area contributed by atoms with Crippen molar-refractivity contribution in [3.8, 4) is 0 Å². The van der Waals surface area contributed by atoms with Gasteiger partial charge in [0, 0.05) is 10.9 Å². The van der Waals surface area contributed by atoms with Crippen molar-refractivity contribution >= 4 is 22.4 Å². The molecule has 0 unspecified atom stereocenters. The summed E-state index contributed by atoms with van der Waals surface area (Å²) in [6.45, 7) is 0.303. The molecule has 0 amide bonds. The van der Waals surface area contributed by atoms with Crippen LogP contribution >= 0.6 is 11.3 Å². The summed E-state index contributed by atoms with van der Waals surface area (Å²) in [4.78, 5) is 13.4. The van der Waals surface area contributed by atoms with E-state index >= 15 is 0 Å². The van der Waals surface area contributed by atoms with Gasteiger partial charge in [0.05, 0.1) is 6.54 Å². The molecule has 3 aromatic rings. The van der Waals surface area contributed by atoms with Crippen molar-refractivity contribution in [3.63, 3.8) is 0 Å². The van der Waals surface area contributed by atoms with Gasteiger partial charge in [-0.25, -0.2) is 0 Å². The molecule has 108 valence electrons. The molecular formula is C15H13F2N2OS+. The number of benzene rings is 1. The average molecular weight is 307 g/mol. The first-order valence-electron chi connectivity index (χ1n) is 6.41. The van der Waals surface area contributed by atoms with E-state index in [2.05, 4.69) is 0 Å². The van der Waals surface area contributed by atoms with Crippen molar-refractivity contribution in [1.29, 1.82) is 0 Å². The maximum atomic E-state index is 13.2. The molecule has 0 bridgehead atoms. The lowest BCUT2D eigenvalue weighted by Gasteiger charge is -2.10. The summed E-state index contributed by atoms with van der Waals surface area (Å²) in [6.07, 6.45) is -2.80. The first-order valence-corrected chi connectivity index (χ1v) is 7.29. The Balaban J connectivity index is 2.33. The lowest BCUT2D eigenvalue weighted by atomic mass is 10.2. The normalized spacial score (nSPS) is 11.4. The van der Waals surface area contributed by atoms with Crippen LogP contribution in [0, 0.1) is 0 Å². The second-order valence-electron chi connectivity index (χ2n) is 4.70. The molecule has 0 N–H and O–H groups in total. The molecule has 0 aliphatic rings. The summed E-state index contributed by atoms with van der Waals surface area (Å²) in [5.74, 6) is 0. The average Bonchev–Trinajstić information content (AvgIpc) is 2.96. The van der Waals surface area contributed by atoms with Gasteiger partial charge in [-0.1, -0.05) is 18.2 Å². The minimum absolute atomic E-state index is 0.303. The quantitative estimate of drug-likeness (QED) is 0.683. The van der Waals surface area contributed by atoms with Crippen LogP contribution in [-0.4, -0.2) is 4.57 Å². The first kappa shape index (κ1) is 13.9. The van der Waals surface area contributed by atoms with Crippen molar-refractivity contribution in [1.82, 2.24) is 4.57 Å². The number of hydrogen-bond donors (Lipinski definition) is 0. The number of aryl methyl sites for hydroxylation is 1. The number of rotatable bonds is 3. The van der Waals surface area contributed by atoms with E-state index in [9.17, 15) is 13.6 Å². The van der Waals surface area contributed by atoms with Crippen LogP contribution in [0.3, 0.4) is 0 Å². The van der Waals surface area contributed by atoms with Crippen LogP contribution in [0.2, 0.25) is 0 Å². The molecule has 0 saturated carbocycles. The number of para-hydroxylation sites is 2. The zero-order valence-corrected chi connectivity index (χ0v) is 12.1. The largest absolute Gasteiger partial charge is 0.326 e. The van der Waals surface area contributed by atoms with Crippen LogP contribution in [0.1, 0.15) is 17.0 Å². The topological polar surface area (TPSA) is 25.9 Å². The Morgan fingerprint density at radius 2 is 2.00 bits per heavy atom. The Kier molecular flexibility index (Phi) is 3.55. The smallest absolute Gasteiger partial charge is 0.292 e. The molecule has 3 nitrogen and oxygen atoms in total. The zero-order chi connectivity index (χ0) is 15.0. The number of alkyl halides is 2. The van der Waals surface area contributed by atoms with Crippen LogP contribution in [0.15, 0.2) is 46.6 Å². The van der Waals surface area contributed by atoms with Crippen molar-refractivity contribution < 1.29 is 13.3 Å².